The van der Waals surface area contributed by atoms with Gasteiger partial charge in [-0.2, -0.15) is 5.10 Å². The molecule has 6 nitrogen and oxygen atoms in total. The van der Waals surface area contributed by atoms with Gasteiger partial charge >= 0.3 is 5.97 Å². The molecule has 2 aromatic carbocycles. The molecule has 156 valence electrons. The van der Waals surface area contributed by atoms with E-state index < -0.39 is 23.9 Å². The normalized spacial score (nSPS) is 12.9. The van der Waals surface area contributed by atoms with Crippen molar-refractivity contribution in [2.45, 2.75) is 45.3 Å². The van der Waals surface area contributed by atoms with Crippen molar-refractivity contribution < 1.29 is 14.3 Å². The first-order valence-electron chi connectivity index (χ1n) is 10.2. The molecule has 0 spiro atoms. The summed E-state index contributed by atoms with van der Waals surface area (Å²) in [5.74, 6) is -0.882. The maximum absolute atomic E-state index is 13.1. The van der Waals surface area contributed by atoms with Gasteiger partial charge in [-0.05, 0) is 31.4 Å². The first-order chi connectivity index (χ1) is 14.5. The maximum Gasteiger partial charge on any atom is 0.318 e. The molecule has 0 radical (unpaired) electrons. The Balaban J connectivity index is 1.74. The molecule has 0 saturated heterocycles. The van der Waals surface area contributed by atoms with Crippen LogP contribution in [0.4, 0.5) is 5.82 Å². The Kier molecular flexibility index (Phi) is 7.01. The van der Waals surface area contributed by atoms with E-state index >= 15 is 0 Å². The largest absolute Gasteiger partial charge is 0.452 e. The van der Waals surface area contributed by atoms with E-state index in [0.29, 0.717) is 5.82 Å². The summed E-state index contributed by atoms with van der Waals surface area (Å²) in [7, 11) is 0. The first-order valence-corrected chi connectivity index (χ1v) is 10.2. The van der Waals surface area contributed by atoms with Gasteiger partial charge in [0.15, 0.2) is 6.10 Å². The molecule has 0 aliphatic rings. The van der Waals surface area contributed by atoms with Gasteiger partial charge in [0, 0.05) is 6.07 Å². The number of rotatable bonds is 8. The number of nitrogens with one attached hydrogen (secondary N) is 1. The van der Waals surface area contributed by atoms with E-state index in [-0.39, 0.29) is 6.04 Å². The lowest BCUT2D eigenvalue weighted by molar-refractivity contribution is -0.153. The van der Waals surface area contributed by atoms with Crippen LogP contribution in [0, 0.1) is 0 Å². The van der Waals surface area contributed by atoms with Gasteiger partial charge in [-0.3, -0.25) is 9.59 Å². The molecule has 1 aromatic heterocycles. The van der Waals surface area contributed by atoms with Gasteiger partial charge in [0.05, 0.1) is 12.2 Å². The summed E-state index contributed by atoms with van der Waals surface area (Å²) < 4.78 is 7.33. The number of hydrogen-bond acceptors (Lipinski definition) is 4. The van der Waals surface area contributed by atoms with Crippen LogP contribution in [0.5, 0.6) is 0 Å². The molecule has 1 heterocycles. The summed E-state index contributed by atoms with van der Waals surface area (Å²) in [4.78, 5) is 25.7. The fourth-order valence-corrected chi connectivity index (χ4v) is 3.22. The third-order valence-electron chi connectivity index (χ3n) is 5.09. The molecule has 0 aliphatic heterocycles. The van der Waals surface area contributed by atoms with Crippen LogP contribution in [0.25, 0.3) is 0 Å². The van der Waals surface area contributed by atoms with Crippen LogP contribution >= 0.6 is 0 Å². The molecule has 0 fully saturated rings. The zero-order valence-corrected chi connectivity index (χ0v) is 17.5. The molecule has 2 atom stereocenters. The molecule has 6 heteroatoms. The number of carbonyl (C=O) groups is 2. The lowest BCUT2D eigenvalue weighted by Crippen LogP contribution is -2.33. The molecule has 3 aromatic rings. The van der Waals surface area contributed by atoms with Crippen molar-refractivity contribution in [3.8, 4) is 0 Å². The smallest absolute Gasteiger partial charge is 0.318 e. The summed E-state index contributed by atoms with van der Waals surface area (Å²) in [5, 5.41) is 7.08. The number of anilines is 1. The number of carbonyl (C=O) groups excluding carboxylic acids is 2. The monoisotopic (exact) mass is 405 g/mol. The van der Waals surface area contributed by atoms with Crippen LogP contribution in [-0.2, 0) is 14.3 Å². The number of hydrogen-bond donors (Lipinski definition) is 1. The maximum atomic E-state index is 13.1. The third kappa shape index (κ3) is 4.95. The Hall–Kier alpha value is -3.41. The molecular weight excluding hydrogens is 378 g/mol. The van der Waals surface area contributed by atoms with Crippen molar-refractivity contribution in [3.05, 3.63) is 84.1 Å². The van der Waals surface area contributed by atoms with Crippen molar-refractivity contribution in [1.82, 2.24) is 9.78 Å². The molecule has 0 aliphatic carbocycles. The minimum absolute atomic E-state index is 0.147. The second kappa shape index (κ2) is 9.87. The average Bonchev–Trinajstić information content (AvgIpc) is 3.23. The molecule has 1 amide bonds. The highest BCUT2D eigenvalue weighted by Gasteiger charge is 2.28. The van der Waals surface area contributed by atoms with Gasteiger partial charge in [0.1, 0.15) is 11.7 Å². The van der Waals surface area contributed by atoms with E-state index in [1.54, 1.807) is 23.9 Å². The number of amides is 1. The average molecular weight is 405 g/mol. The van der Waals surface area contributed by atoms with Crippen LogP contribution in [0.3, 0.4) is 0 Å². The topological polar surface area (TPSA) is 73.2 Å². The van der Waals surface area contributed by atoms with E-state index in [4.69, 9.17) is 4.74 Å². The quantitative estimate of drug-likeness (QED) is 0.558. The number of aromatic nitrogens is 2. The number of ether oxygens (including phenoxy) is 1. The Morgan fingerprint density at radius 2 is 1.53 bits per heavy atom. The Bertz CT molecular complexity index is 930. The van der Waals surface area contributed by atoms with Crippen molar-refractivity contribution in [3.63, 3.8) is 0 Å². The lowest BCUT2D eigenvalue weighted by atomic mass is 9.91. The summed E-state index contributed by atoms with van der Waals surface area (Å²) in [6.07, 6.45) is 1.57. The second-order valence-electron chi connectivity index (χ2n) is 7.24. The Labute approximate surface area is 176 Å². The Morgan fingerprint density at radius 3 is 2.07 bits per heavy atom. The molecule has 30 heavy (non-hydrogen) atoms. The summed E-state index contributed by atoms with van der Waals surface area (Å²) in [5.41, 5.74) is 1.63. The van der Waals surface area contributed by atoms with Gasteiger partial charge in [-0.25, -0.2) is 4.68 Å². The van der Waals surface area contributed by atoms with Gasteiger partial charge < -0.3 is 10.1 Å². The minimum atomic E-state index is -0.951. The third-order valence-corrected chi connectivity index (χ3v) is 5.09. The van der Waals surface area contributed by atoms with E-state index in [2.05, 4.69) is 17.3 Å². The van der Waals surface area contributed by atoms with Crippen LogP contribution < -0.4 is 5.32 Å². The molecular formula is C24H27N3O3. The van der Waals surface area contributed by atoms with Crippen LogP contribution in [0.2, 0.25) is 0 Å². The zero-order valence-electron chi connectivity index (χ0n) is 17.5. The Morgan fingerprint density at radius 1 is 0.967 bits per heavy atom. The van der Waals surface area contributed by atoms with Gasteiger partial charge in [0.2, 0.25) is 0 Å². The van der Waals surface area contributed by atoms with Crippen LogP contribution in [0.1, 0.15) is 50.3 Å². The molecule has 0 bridgehead atoms. The predicted molar refractivity (Wildman–Crippen MR) is 116 cm³/mol. The van der Waals surface area contributed by atoms with Crippen molar-refractivity contribution in [2.75, 3.05) is 5.32 Å². The van der Waals surface area contributed by atoms with Gasteiger partial charge in [-0.15, -0.1) is 0 Å². The SMILES string of the molecule is CC[C@@H](C)n1nccc1NC(=O)[C@H](C)OC(=O)C(c1ccccc1)c1ccccc1. The van der Waals surface area contributed by atoms with Crippen molar-refractivity contribution in [1.29, 1.82) is 0 Å². The van der Waals surface area contributed by atoms with E-state index in [1.165, 1.54) is 0 Å². The van der Waals surface area contributed by atoms with E-state index in [0.717, 1.165) is 17.5 Å². The van der Waals surface area contributed by atoms with Crippen LogP contribution in [-0.4, -0.2) is 27.8 Å². The fourth-order valence-electron chi connectivity index (χ4n) is 3.22. The molecule has 1 N–H and O–H groups in total. The highest BCUT2D eigenvalue weighted by atomic mass is 16.5. The highest BCUT2D eigenvalue weighted by molar-refractivity contribution is 5.95. The fraction of sp³-hybridized carbons (Fsp3) is 0.292. The second-order valence-corrected chi connectivity index (χ2v) is 7.24. The highest BCUT2D eigenvalue weighted by Crippen LogP contribution is 2.26. The predicted octanol–water partition coefficient (Wildman–Crippen LogP) is 4.56. The van der Waals surface area contributed by atoms with Crippen LogP contribution in [0.15, 0.2) is 72.9 Å². The summed E-state index contributed by atoms with van der Waals surface area (Å²) in [6, 6.07) is 20.7. The number of benzene rings is 2. The molecule has 3 rings (SSSR count). The number of nitrogens with zero attached hydrogens (tertiary/aromatic N) is 2. The number of esters is 1. The lowest BCUT2D eigenvalue weighted by Gasteiger charge is -2.21. The molecule has 0 unspecified atom stereocenters. The van der Waals surface area contributed by atoms with E-state index in [9.17, 15) is 9.59 Å². The van der Waals surface area contributed by atoms with Gasteiger partial charge in [-0.1, -0.05) is 67.6 Å². The standard InChI is InChI=1S/C24H27N3O3/c1-4-17(2)27-21(15-16-25-27)26-23(28)18(3)30-24(29)22(19-11-7-5-8-12-19)20-13-9-6-10-14-20/h5-18,22H,4H2,1-3H3,(H,26,28)/t17-,18+/m1/s1. The molecule has 0 saturated carbocycles. The summed E-state index contributed by atoms with van der Waals surface area (Å²) >= 11 is 0. The van der Waals surface area contributed by atoms with Crippen molar-refractivity contribution >= 4 is 17.7 Å². The van der Waals surface area contributed by atoms with E-state index in [1.807, 2.05) is 67.6 Å². The summed E-state index contributed by atoms with van der Waals surface area (Å²) in [6.45, 7) is 5.65. The first kappa shape index (κ1) is 21.3. The zero-order chi connectivity index (χ0) is 21.5. The minimum Gasteiger partial charge on any atom is -0.452 e. The van der Waals surface area contributed by atoms with Crippen molar-refractivity contribution in [2.24, 2.45) is 0 Å². The van der Waals surface area contributed by atoms with Gasteiger partial charge in [0.25, 0.3) is 5.91 Å².